The van der Waals surface area contributed by atoms with Crippen molar-refractivity contribution in [3.8, 4) is 12.3 Å². The molecule has 1 N–H and O–H groups in total. The molecule has 0 saturated heterocycles. The maximum absolute atomic E-state index is 14.0. The Morgan fingerprint density at radius 1 is 1.44 bits per heavy atom. The third-order valence-corrected chi connectivity index (χ3v) is 7.88. The molecule has 134 valence electrons. The Bertz CT molecular complexity index is 685. The standard InChI is InChI=1S/C22H27FO2/c1-3-16-4-7-19-21-14(12-24)8-13-9-17(25)5-6-18(13)20(21)15(11-23)10-22(16,19)2/h1,9,11,14,16,18-21,24H,4-8,10,12H2,2H3/t14-,16+,18-,19-,20+,21-,22+/m0/s1. The van der Waals surface area contributed by atoms with Gasteiger partial charge in [0.1, 0.15) is 0 Å². The van der Waals surface area contributed by atoms with Gasteiger partial charge in [0.25, 0.3) is 0 Å². The highest BCUT2D eigenvalue weighted by molar-refractivity contribution is 5.91. The molecule has 3 heteroatoms. The van der Waals surface area contributed by atoms with Crippen LogP contribution in [0.1, 0.15) is 45.4 Å². The second kappa shape index (κ2) is 6.09. The van der Waals surface area contributed by atoms with Crippen LogP contribution in [0.2, 0.25) is 0 Å². The van der Waals surface area contributed by atoms with Gasteiger partial charge in [-0.05, 0) is 78.8 Å². The van der Waals surface area contributed by atoms with Crippen LogP contribution >= 0.6 is 0 Å². The molecule has 3 saturated carbocycles. The number of carbonyl (C=O) groups excluding carboxylic acids is 1. The first-order valence-corrected chi connectivity index (χ1v) is 9.63. The van der Waals surface area contributed by atoms with Crippen molar-refractivity contribution >= 4 is 5.78 Å². The van der Waals surface area contributed by atoms with E-state index in [0.29, 0.717) is 12.3 Å². The number of hydrogen-bond donors (Lipinski definition) is 1. The third-order valence-electron chi connectivity index (χ3n) is 7.88. The van der Waals surface area contributed by atoms with Crippen molar-refractivity contribution in [3.63, 3.8) is 0 Å². The summed E-state index contributed by atoms with van der Waals surface area (Å²) in [5.74, 6) is 4.57. The van der Waals surface area contributed by atoms with Crippen molar-refractivity contribution in [2.75, 3.05) is 6.61 Å². The van der Waals surface area contributed by atoms with Crippen molar-refractivity contribution in [1.82, 2.24) is 0 Å². The number of hydrogen-bond acceptors (Lipinski definition) is 2. The Balaban J connectivity index is 1.80. The minimum Gasteiger partial charge on any atom is -0.396 e. The molecule has 0 bridgehead atoms. The fourth-order valence-corrected chi connectivity index (χ4v) is 6.85. The van der Waals surface area contributed by atoms with E-state index in [1.165, 1.54) is 0 Å². The molecule has 7 atom stereocenters. The van der Waals surface area contributed by atoms with Gasteiger partial charge in [-0.3, -0.25) is 4.79 Å². The van der Waals surface area contributed by atoms with Crippen LogP contribution in [0.3, 0.4) is 0 Å². The van der Waals surface area contributed by atoms with Crippen molar-refractivity contribution in [1.29, 1.82) is 0 Å². The summed E-state index contributed by atoms with van der Waals surface area (Å²) in [7, 11) is 0. The zero-order valence-corrected chi connectivity index (χ0v) is 14.9. The minimum absolute atomic E-state index is 0.0625. The zero-order chi connectivity index (χ0) is 17.8. The highest BCUT2D eigenvalue weighted by atomic mass is 19.1. The van der Waals surface area contributed by atoms with Gasteiger partial charge in [-0.2, -0.15) is 0 Å². The van der Waals surface area contributed by atoms with Gasteiger partial charge in [-0.25, -0.2) is 4.39 Å². The summed E-state index contributed by atoms with van der Waals surface area (Å²) < 4.78 is 14.0. The molecule has 0 amide bonds. The van der Waals surface area contributed by atoms with Gasteiger partial charge >= 0.3 is 0 Å². The van der Waals surface area contributed by atoms with Crippen molar-refractivity contribution < 1.29 is 14.3 Å². The minimum atomic E-state index is -0.0625. The Morgan fingerprint density at radius 2 is 2.24 bits per heavy atom. The highest BCUT2D eigenvalue weighted by Gasteiger charge is 2.59. The largest absolute Gasteiger partial charge is 0.396 e. The van der Waals surface area contributed by atoms with E-state index < -0.39 is 0 Å². The monoisotopic (exact) mass is 342 g/mol. The second-order valence-corrected chi connectivity index (χ2v) is 8.85. The predicted molar refractivity (Wildman–Crippen MR) is 94.9 cm³/mol. The number of rotatable bonds is 1. The fraction of sp³-hybridized carbons (Fsp3) is 0.682. The molecular weight excluding hydrogens is 315 g/mol. The molecule has 4 aliphatic carbocycles. The summed E-state index contributed by atoms with van der Waals surface area (Å²) in [6, 6.07) is 0. The maximum atomic E-state index is 14.0. The first-order chi connectivity index (χ1) is 12.0. The van der Waals surface area contributed by atoms with E-state index in [9.17, 15) is 14.3 Å². The van der Waals surface area contributed by atoms with Crippen LogP contribution in [-0.2, 0) is 4.79 Å². The molecule has 25 heavy (non-hydrogen) atoms. The molecule has 0 unspecified atom stereocenters. The molecule has 2 nitrogen and oxygen atoms in total. The van der Waals surface area contributed by atoms with Gasteiger partial charge in [-0.1, -0.05) is 12.5 Å². The van der Waals surface area contributed by atoms with Crippen LogP contribution < -0.4 is 0 Å². The summed E-state index contributed by atoms with van der Waals surface area (Å²) in [5, 5.41) is 10.1. The summed E-state index contributed by atoms with van der Waals surface area (Å²) in [6.07, 6.45) is 13.4. The molecule has 0 radical (unpaired) electrons. The third kappa shape index (κ3) is 2.37. The average molecular weight is 342 g/mol. The SMILES string of the molecule is C#C[C@@H]1CC[C@H]2[C@@H]3[C@H](CO)CC4=CC(=O)CC[C@@H]4[C@H]3C(=CF)C[C@]12C. The number of halogens is 1. The van der Waals surface area contributed by atoms with Crippen molar-refractivity contribution in [2.45, 2.75) is 45.4 Å². The quantitative estimate of drug-likeness (QED) is 0.730. The number of fused-ring (bicyclic) bond motifs is 5. The molecule has 0 aromatic rings. The molecule has 0 spiro atoms. The fourth-order valence-electron chi connectivity index (χ4n) is 6.85. The highest BCUT2D eigenvalue weighted by Crippen LogP contribution is 2.66. The lowest BCUT2D eigenvalue weighted by Crippen LogP contribution is -2.51. The lowest BCUT2D eigenvalue weighted by Gasteiger charge is -2.56. The van der Waals surface area contributed by atoms with Crippen molar-refractivity contribution in [3.05, 3.63) is 23.6 Å². The number of aliphatic hydroxyl groups excluding tert-OH is 1. The Labute approximate surface area is 149 Å². The topological polar surface area (TPSA) is 37.3 Å². The number of terminal acetylenes is 1. The van der Waals surface area contributed by atoms with Gasteiger partial charge in [-0.15, -0.1) is 12.3 Å². The van der Waals surface area contributed by atoms with Crippen LogP contribution in [0, 0.1) is 53.3 Å². The first kappa shape index (κ1) is 17.0. The van der Waals surface area contributed by atoms with Crippen LogP contribution in [0.25, 0.3) is 0 Å². The zero-order valence-electron chi connectivity index (χ0n) is 14.9. The smallest absolute Gasteiger partial charge is 0.155 e. The number of ketones is 1. The Morgan fingerprint density at radius 3 is 2.92 bits per heavy atom. The van der Waals surface area contributed by atoms with Crippen LogP contribution in [0.4, 0.5) is 4.39 Å². The normalized spacial score (nSPS) is 47.5. The summed E-state index contributed by atoms with van der Waals surface area (Å²) >= 11 is 0. The summed E-state index contributed by atoms with van der Waals surface area (Å²) in [6.45, 7) is 2.34. The molecule has 4 rings (SSSR count). The van der Waals surface area contributed by atoms with E-state index in [1.54, 1.807) is 6.08 Å². The first-order valence-electron chi connectivity index (χ1n) is 9.63. The van der Waals surface area contributed by atoms with E-state index >= 15 is 0 Å². The summed E-state index contributed by atoms with van der Waals surface area (Å²) in [4.78, 5) is 11.9. The molecular formula is C22H27FO2. The number of aliphatic hydroxyl groups is 1. The van der Waals surface area contributed by atoms with E-state index in [2.05, 4.69) is 12.8 Å². The molecule has 3 fully saturated rings. The summed E-state index contributed by atoms with van der Waals surface area (Å²) in [5.41, 5.74) is 1.95. The van der Waals surface area contributed by atoms with E-state index in [0.717, 1.165) is 49.6 Å². The molecule has 0 aliphatic heterocycles. The predicted octanol–water partition coefficient (Wildman–Crippen LogP) is 4.06. The number of carbonyl (C=O) groups is 1. The molecule has 0 heterocycles. The van der Waals surface area contributed by atoms with Gasteiger partial charge in [0.2, 0.25) is 0 Å². The lowest BCUT2D eigenvalue weighted by atomic mass is 9.47. The maximum Gasteiger partial charge on any atom is 0.155 e. The molecule has 4 aliphatic rings. The van der Waals surface area contributed by atoms with Gasteiger partial charge in [0.15, 0.2) is 5.78 Å². The van der Waals surface area contributed by atoms with Crippen LogP contribution in [0.15, 0.2) is 23.6 Å². The van der Waals surface area contributed by atoms with E-state index in [1.807, 2.05) is 0 Å². The van der Waals surface area contributed by atoms with Crippen LogP contribution in [-0.4, -0.2) is 17.5 Å². The molecule has 0 aromatic heterocycles. The second-order valence-electron chi connectivity index (χ2n) is 8.85. The number of allylic oxidation sites excluding steroid dienone is 2. The van der Waals surface area contributed by atoms with Gasteiger partial charge < -0.3 is 5.11 Å². The van der Waals surface area contributed by atoms with Gasteiger partial charge in [0, 0.05) is 18.9 Å². The molecule has 0 aromatic carbocycles. The Kier molecular flexibility index (Phi) is 4.15. The lowest BCUT2D eigenvalue weighted by molar-refractivity contribution is -0.116. The van der Waals surface area contributed by atoms with E-state index in [4.69, 9.17) is 6.42 Å². The van der Waals surface area contributed by atoms with Crippen LogP contribution in [0.5, 0.6) is 0 Å². The average Bonchev–Trinajstić information content (AvgIpc) is 2.95. The van der Waals surface area contributed by atoms with Crippen molar-refractivity contribution in [2.24, 2.45) is 40.9 Å². The van der Waals surface area contributed by atoms with E-state index in [-0.39, 0.29) is 47.4 Å². The van der Waals surface area contributed by atoms with Gasteiger partial charge in [0.05, 0.1) is 6.33 Å². The Hall–Kier alpha value is -1.40.